The first kappa shape index (κ1) is 10.8. The average molecular weight is 234 g/mol. The molecule has 2 aromatic carbocycles. The van der Waals surface area contributed by atoms with Crippen molar-refractivity contribution in [3.8, 4) is 16.9 Å². The number of methoxy groups -OCH3 is 1. The zero-order valence-electron chi connectivity index (χ0n) is 8.91. The topological polar surface area (TPSA) is 35.2 Å². The lowest BCUT2D eigenvalue weighted by molar-refractivity contribution is 0.417. The number of rotatable bonds is 2. The van der Waals surface area contributed by atoms with Gasteiger partial charge in [-0.05, 0) is 23.8 Å². The van der Waals surface area contributed by atoms with E-state index < -0.39 is 0 Å². The van der Waals surface area contributed by atoms with Gasteiger partial charge in [0.1, 0.15) is 5.75 Å². The molecule has 0 amide bonds. The van der Waals surface area contributed by atoms with Gasteiger partial charge in [-0.15, -0.1) is 0 Å². The number of nitrogens with two attached hydrogens (primary N) is 1. The van der Waals surface area contributed by atoms with E-state index in [4.69, 9.17) is 22.1 Å². The predicted molar refractivity (Wildman–Crippen MR) is 67.9 cm³/mol. The normalized spacial score (nSPS) is 10.1. The van der Waals surface area contributed by atoms with E-state index in [-0.39, 0.29) is 0 Å². The van der Waals surface area contributed by atoms with Crippen LogP contribution in [-0.2, 0) is 0 Å². The second-order valence-electron chi connectivity index (χ2n) is 3.44. The van der Waals surface area contributed by atoms with Crippen LogP contribution in [0.4, 0.5) is 5.69 Å². The van der Waals surface area contributed by atoms with Crippen LogP contribution in [0.25, 0.3) is 11.1 Å². The summed E-state index contributed by atoms with van der Waals surface area (Å²) in [6.45, 7) is 0. The Labute approximate surface area is 99.6 Å². The predicted octanol–water partition coefficient (Wildman–Crippen LogP) is 3.60. The van der Waals surface area contributed by atoms with E-state index in [9.17, 15) is 0 Å². The zero-order chi connectivity index (χ0) is 11.5. The van der Waals surface area contributed by atoms with Gasteiger partial charge >= 0.3 is 0 Å². The number of benzene rings is 2. The molecule has 0 bridgehead atoms. The first-order chi connectivity index (χ1) is 7.72. The van der Waals surface area contributed by atoms with Crippen molar-refractivity contribution in [2.75, 3.05) is 12.8 Å². The Morgan fingerprint density at radius 3 is 2.56 bits per heavy atom. The molecular formula is C13H12ClNO. The summed E-state index contributed by atoms with van der Waals surface area (Å²) in [6, 6.07) is 13.3. The molecule has 0 aliphatic heterocycles. The Bertz CT molecular complexity index is 511. The van der Waals surface area contributed by atoms with Crippen molar-refractivity contribution in [2.24, 2.45) is 0 Å². The van der Waals surface area contributed by atoms with Crippen LogP contribution < -0.4 is 10.5 Å². The number of hydrogen-bond donors (Lipinski definition) is 1. The quantitative estimate of drug-likeness (QED) is 0.805. The number of hydrogen-bond acceptors (Lipinski definition) is 2. The molecule has 82 valence electrons. The molecule has 2 rings (SSSR count). The molecule has 2 nitrogen and oxygen atoms in total. The van der Waals surface area contributed by atoms with Gasteiger partial charge in [0.25, 0.3) is 0 Å². The molecule has 0 saturated heterocycles. The maximum Gasteiger partial charge on any atom is 0.142 e. The molecule has 0 heterocycles. The van der Waals surface area contributed by atoms with Gasteiger partial charge in [0.15, 0.2) is 0 Å². The third-order valence-corrected chi connectivity index (χ3v) is 2.75. The van der Waals surface area contributed by atoms with E-state index in [0.29, 0.717) is 16.5 Å². The van der Waals surface area contributed by atoms with Crippen LogP contribution >= 0.6 is 11.6 Å². The molecule has 3 heteroatoms. The fourth-order valence-electron chi connectivity index (χ4n) is 1.57. The first-order valence-corrected chi connectivity index (χ1v) is 5.28. The molecule has 0 aliphatic rings. The Morgan fingerprint density at radius 1 is 1.12 bits per heavy atom. The fourth-order valence-corrected chi connectivity index (χ4v) is 1.82. The summed E-state index contributed by atoms with van der Waals surface area (Å²) in [6.07, 6.45) is 0. The van der Waals surface area contributed by atoms with E-state index in [1.807, 2.05) is 42.5 Å². The molecular weight excluding hydrogens is 222 g/mol. The van der Waals surface area contributed by atoms with Crippen molar-refractivity contribution in [1.29, 1.82) is 0 Å². The Hall–Kier alpha value is -1.67. The smallest absolute Gasteiger partial charge is 0.142 e. The van der Waals surface area contributed by atoms with Crippen LogP contribution in [0.1, 0.15) is 0 Å². The highest BCUT2D eigenvalue weighted by atomic mass is 35.5. The maximum absolute atomic E-state index is 6.12. The summed E-state index contributed by atoms with van der Waals surface area (Å²) in [7, 11) is 1.60. The van der Waals surface area contributed by atoms with Gasteiger partial charge in [0.2, 0.25) is 0 Å². The summed E-state index contributed by atoms with van der Waals surface area (Å²) in [5, 5.41) is 0.717. The zero-order valence-corrected chi connectivity index (χ0v) is 9.66. The summed E-state index contributed by atoms with van der Waals surface area (Å²) < 4.78 is 5.18. The van der Waals surface area contributed by atoms with E-state index in [1.165, 1.54) is 0 Å². The molecule has 0 aliphatic carbocycles. The number of anilines is 1. The van der Waals surface area contributed by atoms with Crippen molar-refractivity contribution in [3.63, 3.8) is 0 Å². The molecule has 0 fully saturated rings. The number of halogens is 1. The van der Waals surface area contributed by atoms with Crippen molar-refractivity contribution in [2.45, 2.75) is 0 Å². The Morgan fingerprint density at radius 2 is 1.88 bits per heavy atom. The minimum absolute atomic E-state index is 0.623. The van der Waals surface area contributed by atoms with Crippen LogP contribution in [-0.4, -0.2) is 7.11 Å². The van der Waals surface area contributed by atoms with Crippen LogP contribution in [0.5, 0.6) is 5.75 Å². The standard InChI is InChI=1S/C13H12ClNO/c1-16-13-8-9(6-7-12(13)15)10-4-2-3-5-11(10)14/h2-8H,15H2,1H3. The van der Waals surface area contributed by atoms with Crippen LogP contribution in [0, 0.1) is 0 Å². The highest BCUT2D eigenvalue weighted by molar-refractivity contribution is 6.33. The SMILES string of the molecule is COc1cc(-c2ccccc2Cl)ccc1N. The van der Waals surface area contributed by atoms with Gasteiger partial charge in [-0.1, -0.05) is 35.9 Å². The highest BCUT2D eigenvalue weighted by Crippen LogP contribution is 2.32. The minimum atomic E-state index is 0.623. The minimum Gasteiger partial charge on any atom is -0.495 e. The molecule has 0 atom stereocenters. The molecule has 0 unspecified atom stereocenters. The summed E-state index contributed by atoms with van der Waals surface area (Å²) in [5.41, 5.74) is 8.35. The van der Waals surface area contributed by atoms with Gasteiger partial charge in [0.05, 0.1) is 12.8 Å². The van der Waals surface area contributed by atoms with Crippen molar-refractivity contribution in [3.05, 3.63) is 47.5 Å². The van der Waals surface area contributed by atoms with Gasteiger partial charge in [-0.2, -0.15) is 0 Å². The highest BCUT2D eigenvalue weighted by Gasteiger charge is 2.05. The molecule has 0 aromatic heterocycles. The van der Waals surface area contributed by atoms with Crippen molar-refractivity contribution >= 4 is 17.3 Å². The molecule has 2 aromatic rings. The summed E-state index contributed by atoms with van der Waals surface area (Å²) >= 11 is 6.12. The Kier molecular flexibility index (Phi) is 3.02. The summed E-state index contributed by atoms with van der Waals surface area (Å²) in [5.74, 6) is 0.664. The van der Waals surface area contributed by atoms with E-state index in [0.717, 1.165) is 11.1 Å². The monoisotopic (exact) mass is 233 g/mol. The second-order valence-corrected chi connectivity index (χ2v) is 3.84. The third kappa shape index (κ3) is 1.97. The molecule has 0 radical (unpaired) electrons. The van der Waals surface area contributed by atoms with Gasteiger partial charge in [-0.3, -0.25) is 0 Å². The van der Waals surface area contributed by atoms with E-state index >= 15 is 0 Å². The number of nitrogen functional groups attached to an aromatic ring is 1. The molecule has 16 heavy (non-hydrogen) atoms. The van der Waals surface area contributed by atoms with Crippen LogP contribution in [0.2, 0.25) is 5.02 Å². The third-order valence-electron chi connectivity index (χ3n) is 2.42. The lowest BCUT2D eigenvalue weighted by atomic mass is 10.0. The second kappa shape index (κ2) is 4.45. The first-order valence-electron chi connectivity index (χ1n) is 4.91. The van der Waals surface area contributed by atoms with E-state index in [2.05, 4.69) is 0 Å². The lowest BCUT2D eigenvalue weighted by Crippen LogP contribution is -1.92. The summed E-state index contributed by atoms with van der Waals surface area (Å²) in [4.78, 5) is 0. The van der Waals surface area contributed by atoms with Gasteiger partial charge < -0.3 is 10.5 Å². The van der Waals surface area contributed by atoms with Crippen LogP contribution in [0.3, 0.4) is 0 Å². The van der Waals surface area contributed by atoms with Gasteiger partial charge in [-0.25, -0.2) is 0 Å². The number of ether oxygens (including phenoxy) is 1. The molecule has 0 spiro atoms. The van der Waals surface area contributed by atoms with Crippen LogP contribution in [0.15, 0.2) is 42.5 Å². The fraction of sp³-hybridized carbons (Fsp3) is 0.0769. The van der Waals surface area contributed by atoms with Gasteiger partial charge in [0, 0.05) is 10.6 Å². The lowest BCUT2D eigenvalue weighted by Gasteiger charge is -2.08. The largest absolute Gasteiger partial charge is 0.495 e. The molecule has 2 N–H and O–H groups in total. The van der Waals surface area contributed by atoms with E-state index in [1.54, 1.807) is 7.11 Å². The Balaban J connectivity index is 2.53. The average Bonchev–Trinajstić information content (AvgIpc) is 2.31. The maximum atomic E-state index is 6.12. The van der Waals surface area contributed by atoms with Crippen molar-refractivity contribution < 1.29 is 4.74 Å². The molecule has 0 saturated carbocycles. The van der Waals surface area contributed by atoms with Crippen molar-refractivity contribution in [1.82, 2.24) is 0 Å².